The van der Waals surface area contributed by atoms with E-state index in [-0.39, 0.29) is 36.2 Å². The van der Waals surface area contributed by atoms with Crippen molar-refractivity contribution in [1.82, 2.24) is 4.98 Å². The zero-order valence-corrected chi connectivity index (χ0v) is 70.3. The molecule has 0 spiro atoms. The third-order valence-electron chi connectivity index (χ3n) is 13.4. The largest absolute Gasteiger partial charge is 0.665 e. The predicted octanol–water partition coefficient (Wildman–Crippen LogP) is 22.8. The molecule has 3 aromatic rings. The third-order valence-corrected chi connectivity index (χ3v) is 22.1. The second kappa shape index (κ2) is 42.1. The fourth-order valence-electron chi connectivity index (χ4n) is 8.78. The van der Waals surface area contributed by atoms with Crippen molar-refractivity contribution in [2.45, 2.75) is 336 Å². The molecule has 9 nitrogen and oxygen atoms in total. The molecule has 4 saturated carbocycles. The number of nitrogens with zero attached hydrogens (tertiary/aromatic N) is 4. The minimum Gasteiger partial charge on any atom is -0.665 e. The molecule has 4 bridgehead atoms. The number of alkyl halides is 9. The van der Waals surface area contributed by atoms with Gasteiger partial charge in [-0.05, 0) is 83.1 Å². The number of hydrogen-bond donors (Lipinski definition) is 5. The molecule has 0 radical (unpaired) electrons. The quantitative estimate of drug-likeness (QED) is 0.117. The van der Waals surface area contributed by atoms with Gasteiger partial charge in [0.1, 0.15) is 0 Å². The van der Waals surface area contributed by atoms with Gasteiger partial charge in [-0.3, -0.25) is 0 Å². The SMILES string of the molecule is C.CC(C)(C)O.CC(C)(C)O.CC(C)(C)[CH]=[Mo]=[N]C12CC3CC(CC(C3)C1)C2.CC(C)(O)C(F)(F)F.CC(C)(O)C(F)(F)F.CC(C)(O)C(F)(F)F.CC(C)c1cccc(C(C)C)c1[N]=[Mo]=[CH]C(C)(C)C.CC(C)c1cccc(C(C)C)c1[N]=[Mo]=[CH]C(C)(C)C.Cc1ccc(C)[n-]1. The Hall–Kier alpha value is -2.04. The van der Waals surface area contributed by atoms with Gasteiger partial charge in [-0.2, -0.15) is 50.9 Å². The summed E-state index contributed by atoms with van der Waals surface area (Å²) < 4.78 is 124. The molecule has 21 heteroatoms. The Balaban J connectivity index is -0.000000523. The van der Waals surface area contributed by atoms with E-state index in [0.29, 0.717) is 76.2 Å². The summed E-state index contributed by atoms with van der Waals surface area (Å²) in [6.07, 6.45) is -4.56. The molecule has 1 heterocycles. The van der Waals surface area contributed by atoms with Crippen LogP contribution in [-0.2, 0) is 53.8 Å². The van der Waals surface area contributed by atoms with E-state index < -0.39 is 82.4 Å². The van der Waals surface area contributed by atoms with Crippen molar-refractivity contribution < 1.29 is 119 Å². The minimum atomic E-state index is -4.51. The van der Waals surface area contributed by atoms with Crippen LogP contribution in [0.4, 0.5) is 50.9 Å². The van der Waals surface area contributed by atoms with Crippen molar-refractivity contribution >= 4 is 24.6 Å². The van der Waals surface area contributed by atoms with E-state index >= 15 is 0 Å². The van der Waals surface area contributed by atoms with Gasteiger partial charge in [-0.1, -0.05) is 33.4 Å². The van der Waals surface area contributed by atoms with Gasteiger partial charge in [0.2, 0.25) is 0 Å². The minimum absolute atomic E-state index is 0. The van der Waals surface area contributed by atoms with Gasteiger partial charge in [0, 0.05) is 0 Å². The molecule has 7 rings (SSSR count). The molecule has 0 saturated heterocycles. The van der Waals surface area contributed by atoms with E-state index in [9.17, 15) is 39.5 Å². The average Bonchev–Trinajstić information content (AvgIpc) is 0.916. The smallest absolute Gasteiger partial charge is 0.0607 e. The Bertz CT molecular complexity index is 2610. The number of halogens is 9. The Morgan fingerprint density at radius 2 is 0.598 bits per heavy atom. The molecule has 0 amide bonds. The number of hydrogen-bond acceptors (Lipinski definition) is 8. The van der Waals surface area contributed by atoms with Crippen LogP contribution < -0.4 is 4.98 Å². The van der Waals surface area contributed by atoms with Crippen molar-refractivity contribution in [3.63, 3.8) is 0 Å². The maximum Gasteiger partial charge on any atom is -0.0607 e. The van der Waals surface area contributed by atoms with Crippen molar-refractivity contribution in [3.8, 4) is 0 Å². The number of aliphatic hydroxyl groups is 5. The molecule has 0 aliphatic heterocycles. The first kappa shape index (κ1) is 101. The Labute approximate surface area is 607 Å². The van der Waals surface area contributed by atoms with Crippen molar-refractivity contribution in [2.24, 2.45) is 44.5 Å². The summed E-state index contributed by atoms with van der Waals surface area (Å²) in [6.45, 7) is 57.2. The zero-order valence-electron chi connectivity index (χ0n) is 64.3. The molecule has 4 fully saturated rings. The van der Waals surface area contributed by atoms with Crippen LogP contribution in [0.25, 0.3) is 0 Å². The first-order chi connectivity index (χ1) is 42.4. The summed E-state index contributed by atoms with van der Waals surface area (Å²) in [6, 6.07) is 17.3. The maximum absolute atomic E-state index is 11.3. The van der Waals surface area contributed by atoms with Crippen LogP contribution in [0.2, 0.25) is 0 Å². The monoisotopic (exact) mass is 1650 g/mol. The van der Waals surface area contributed by atoms with Gasteiger partial charge in [-0.25, -0.2) is 0 Å². The summed E-state index contributed by atoms with van der Waals surface area (Å²) in [7, 11) is 0. The number of rotatable bonds is 7. The van der Waals surface area contributed by atoms with Gasteiger partial charge in [0.25, 0.3) is 0 Å². The number of aromatic nitrogens is 1. The van der Waals surface area contributed by atoms with Gasteiger partial charge in [0.05, 0.1) is 11.2 Å². The van der Waals surface area contributed by atoms with Crippen LogP contribution in [-0.4, -0.2) is 90.8 Å². The maximum atomic E-state index is 11.3. The number of benzene rings is 2. The Kier molecular flexibility index (Phi) is 43.9. The molecule has 97 heavy (non-hydrogen) atoms. The average molecular weight is 1640 g/mol. The van der Waals surface area contributed by atoms with Gasteiger partial charge >= 0.3 is 385 Å². The van der Waals surface area contributed by atoms with Crippen LogP contribution in [0.3, 0.4) is 0 Å². The Morgan fingerprint density at radius 1 is 0.402 bits per heavy atom. The van der Waals surface area contributed by atoms with Crippen molar-refractivity contribution in [3.05, 3.63) is 82.2 Å². The van der Waals surface area contributed by atoms with Crippen LogP contribution in [0.15, 0.2) is 59.0 Å². The Morgan fingerprint density at radius 3 is 0.753 bits per heavy atom. The molecule has 568 valence electrons. The summed E-state index contributed by atoms with van der Waals surface area (Å²) >= 11 is -1.04. The van der Waals surface area contributed by atoms with Gasteiger partial charge in [0.15, 0.2) is 16.8 Å². The van der Waals surface area contributed by atoms with E-state index in [1.807, 2.05) is 26.0 Å². The van der Waals surface area contributed by atoms with E-state index in [1.165, 1.54) is 72.2 Å². The molecule has 1 aromatic heterocycles. The fraction of sp³-hybridized carbons (Fsp3) is 0.750. The molecule has 0 unspecified atom stereocenters. The predicted molar refractivity (Wildman–Crippen MR) is 380 cm³/mol. The number of aryl methyl sites for hydroxylation is 2. The third kappa shape index (κ3) is 49.3. The second-order valence-corrected chi connectivity index (χ2v) is 38.3. The molecular weight excluding hydrogens is 1510 g/mol. The van der Waals surface area contributed by atoms with Crippen LogP contribution >= 0.6 is 0 Å². The second-order valence-electron chi connectivity index (χ2n) is 33.6. The van der Waals surface area contributed by atoms with E-state index in [1.54, 1.807) is 41.5 Å². The fourth-order valence-corrected chi connectivity index (χ4v) is 14.2. The van der Waals surface area contributed by atoms with E-state index in [4.69, 9.17) is 36.0 Å². The summed E-state index contributed by atoms with van der Waals surface area (Å²) in [5.41, 5.74) is 3.11. The first-order valence-corrected chi connectivity index (χ1v) is 39.4. The summed E-state index contributed by atoms with van der Waals surface area (Å²) in [5.74, 6) is 5.31. The topological polar surface area (TPSA) is 152 Å². The van der Waals surface area contributed by atoms with E-state index in [2.05, 4.69) is 172 Å². The van der Waals surface area contributed by atoms with Gasteiger partial charge in [-0.15, -0.1) is 0 Å². The molecule has 4 aliphatic rings. The molecular formula is C76H132F9Mo3N4O5-. The van der Waals surface area contributed by atoms with Crippen molar-refractivity contribution in [1.29, 1.82) is 0 Å². The standard InChI is InChI=1S/2C12H17N.C10H15N.C6H8N.3C5H10.3C4H7F3O.2C4H10O.CH4.3Mo/c2*1-8(2)10-6-5-7-11(9(3)4)12(10)13;11-10-4-7-1-8(5-10)3-9(2-7)6-10;1-5-3-4-6(2)7-5;3*1-5(2,3)4;3*1-3(2,8)4(5,6)7;2*1-4(2,3)5;;;;/h2*5-9H,1-4H3;7-9H,1-6H2;3-4H,1-2H3;3*1H,2-4H3;3*8H,1-2H3;2*5H,1-3H3;1H4;;;/q;;;-1;;;;;;;;;;;;. The molecule has 5 N–H and O–H groups in total. The normalized spacial score (nSPS) is 17.7. The zero-order chi connectivity index (χ0) is 76.6. The van der Waals surface area contributed by atoms with Crippen LogP contribution in [0, 0.1) is 47.8 Å². The molecule has 2 aromatic carbocycles. The molecule has 0 atom stereocenters. The van der Waals surface area contributed by atoms with Crippen molar-refractivity contribution in [2.75, 3.05) is 0 Å². The summed E-state index contributed by atoms with van der Waals surface area (Å²) in [4.78, 5) is 4.11. The first-order valence-electron chi connectivity index (χ1n) is 33.2. The van der Waals surface area contributed by atoms with Gasteiger partial charge < -0.3 is 30.5 Å². The van der Waals surface area contributed by atoms with E-state index in [0.717, 1.165) is 29.1 Å². The van der Waals surface area contributed by atoms with Crippen LogP contribution in [0.5, 0.6) is 0 Å². The summed E-state index contributed by atoms with van der Waals surface area (Å²) in [5, 5.41) is 41.7. The molecule has 4 aliphatic carbocycles. The van der Waals surface area contributed by atoms with Crippen LogP contribution in [0.1, 0.15) is 304 Å².